The Kier molecular flexibility index (Phi) is 3.75. The predicted molar refractivity (Wildman–Crippen MR) is 81.2 cm³/mol. The third kappa shape index (κ3) is 2.70. The number of carbonyl (C=O) groups is 1. The molecular weight excluding hydrogens is 357 g/mol. The second-order valence-corrected chi connectivity index (χ2v) is 5.54. The van der Waals surface area contributed by atoms with Crippen molar-refractivity contribution in [3.63, 3.8) is 0 Å². The highest BCUT2D eigenvalue weighted by Crippen LogP contribution is 2.19. The molecule has 1 aromatic carbocycles. The van der Waals surface area contributed by atoms with Crippen LogP contribution in [0.15, 0.2) is 35.3 Å². The summed E-state index contributed by atoms with van der Waals surface area (Å²) in [5, 5.41) is 9.04. The third-order valence-corrected chi connectivity index (χ3v) is 3.58. The minimum atomic E-state index is -1.21. The number of carboxylic acid groups (broad SMARTS) is 1. The monoisotopic (exact) mass is 369 g/mol. The molecule has 2 aromatic rings. The Morgan fingerprint density at radius 2 is 1.95 bits per heavy atom. The maximum atomic E-state index is 11.6. The molecule has 0 atom stereocenters. The quantitative estimate of drug-likeness (QED) is 0.829. The van der Waals surface area contributed by atoms with E-state index in [1.807, 2.05) is 25.1 Å². The number of pyridine rings is 1. The van der Waals surface area contributed by atoms with Crippen molar-refractivity contribution in [3.8, 4) is 5.69 Å². The van der Waals surface area contributed by atoms with E-state index in [1.165, 1.54) is 12.3 Å². The lowest BCUT2D eigenvalue weighted by atomic mass is 10.1. The van der Waals surface area contributed by atoms with Crippen molar-refractivity contribution in [2.45, 2.75) is 13.8 Å². The number of halogens is 1. The summed E-state index contributed by atoms with van der Waals surface area (Å²) in [5.41, 5.74) is 1.92. The van der Waals surface area contributed by atoms with E-state index in [2.05, 4.69) is 22.6 Å². The maximum absolute atomic E-state index is 11.6. The molecule has 0 aliphatic carbocycles. The zero-order valence-corrected chi connectivity index (χ0v) is 12.6. The number of aromatic nitrogens is 1. The fourth-order valence-electron chi connectivity index (χ4n) is 1.89. The first-order valence-corrected chi connectivity index (χ1v) is 6.71. The van der Waals surface area contributed by atoms with Crippen LogP contribution in [0, 0.1) is 17.4 Å². The summed E-state index contributed by atoms with van der Waals surface area (Å²) in [6.45, 7) is 3.73. The van der Waals surface area contributed by atoms with Gasteiger partial charge in [-0.3, -0.25) is 4.79 Å². The molecule has 0 fully saturated rings. The van der Waals surface area contributed by atoms with E-state index in [-0.39, 0.29) is 5.56 Å². The minimum absolute atomic E-state index is 0.219. The first-order valence-electron chi connectivity index (χ1n) is 5.63. The van der Waals surface area contributed by atoms with Crippen LogP contribution in [0.5, 0.6) is 0 Å². The van der Waals surface area contributed by atoms with Crippen molar-refractivity contribution in [2.75, 3.05) is 0 Å². The van der Waals surface area contributed by atoms with Gasteiger partial charge in [0.25, 0.3) is 0 Å². The molecule has 0 bridgehead atoms. The maximum Gasteiger partial charge on any atom is 0.341 e. The fourth-order valence-corrected chi connectivity index (χ4v) is 2.37. The molecule has 98 valence electrons. The summed E-state index contributed by atoms with van der Waals surface area (Å²) in [4.78, 5) is 22.7. The summed E-state index contributed by atoms with van der Waals surface area (Å²) >= 11 is 2.20. The lowest BCUT2D eigenvalue weighted by Gasteiger charge is -2.14. The first kappa shape index (κ1) is 13.8. The summed E-state index contributed by atoms with van der Waals surface area (Å²) in [5.74, 6) is -1.21. The van der Waals surface area contributed by atoms with Gasteiger partial charge in [0.05, 0.1) is 0 Å². The molecular formula is C14H12INO3. The van der Waals surface area contributed by atoms with Crippen LogP contribution in [0.3, 0.4) is 0 Å². The largest absolute Gasteiger partial charge is 0.477 e. The second kappa shape index (κ2) is 5.16. The van der Waals surface area contributed by atoms with E-state index in [0.29, 0.717) is 5.69 Å². The number of hydrogen-bond acceptors (Lipinski definition) is 2. The van der Waals surface area contributed by atoms with Crippen LogP contribution in [0.2, 0.25) is 0 Å². The van der Waals surface area contributed by atoms with Crippen molar-refractivity contribution in [1.82, 2.24) is 4.57 Å². The predicted octanol–water partition coefficient (Wildman–Crippen LogP) is 2.76. The molecule has 5 heteroatoms. The summed E-state index contributed by atoms with van der Waals surface area (Å²) in [7, 11) is 0. The zero-order chi connectivity index (χ0) is 14.2. The van der Waals surface area contributed by atoms with Gasteiger partial charge in [0.1, 0.15) is 5.56 Å². The van der Waals surface area contributed by atoms with Crippen LogP contribution < -0.4 is 5.43 Å². The minimum Gasteiger partial charge on any atom is -0.477 e. The molecule has 0 amide bonds. The van der Waals surface area contributed by atoms with Crippen molar-refractivity contribution in [2.24, 2.45) is 0 Å². The fraction of sp³-hybridized carbons (Fsp3) is 0.143. The number of rotatable bonds is 2. The molecule has 1 aromatic heterocycles. The summed E-state index contributed by atoms with van der Waals surface area (Å²) in [6.07, 6.45) is 1.39. The highest BCUT2D eigenvalue weighted by atomic mass is 127. The molecule has 0 radical (unpaired) electrons. The van der Waals surface area contributed by atoms with Crippen LogP contribution in [-0.2, 0) is 0 Å². The van der Waals surface area contributed by atoms with Gasteiger partial charge in [-0.2, -0.15) is 0 Å². The number of hydrogen-bond donors (Lipinski definition) is 1. The van der Waals surface area contributed by atoms with Gasteiger partial charge in [0.15, 0.2) is 5.43 Å². The summed E-state index contributed by atoms with van der Waals surface area (Å²) < 4.78 is 2.79. The van der Waals surface area contributed by atoms with Gasteiger partial charge in [-0.1, -0.05) is 6.07 Å². The lowest BCUT2D eigenvalue weighted by Crippen LogP contribution is -2.18. The Bertz CT molecular complexity index is 719. The molecule has 0 saturated heterocycles. The molecule has 0 unspecified atom stereocenters. The van der Waals surface area contributed by atoms with E-state index in [4.69, 9.17) is 5.11 Å². The van der Waals surface area contributed by atoms with Gasteiger partial charge < -0.3 is 9.67 Å². The van der Waals surface area contributed by atoms with Gasteiger partial charge in [0.2, 0.25) is 0 Å². The Balaban J connectivity index is 2.75. The number of benzene rings is 1. The third-order valence-electron chi connectivity index (χ3n) is 2.90. The van der Waals surface area contributed by atoms with E-state index in [9.17, 15) is 9.59 Å². The van der Waals surface area contributed by atoms with Crippen molar-refractivity contribution in [1.29, 1.82) is 0 Å². The van der Waals surface area contributed by atoms with E-state index in [1.54, 1.807) is 11.5 Å². The highest BCUT2D eigenvalue weighted by Gasteiger charge is 2.12. The van der Waals surface area contributed by atoms with Crippen molar-refractivity contribution in [3.05, 3.63) is 61.1 Å². The zero-order valence-electron chi connectivity index (χ0n) is 10.5. The first-order chi connectivity index (χ1) is 8.90. The molecule has 0 aliphatic heterocycles. The number of aryl methyl sites for hydroxylation is 2. The van der Waals surface area contributed by atoms with Gasteiger partial charge in [-0.25, -0.2) is 4.79 Å². The molecule has 0 aliphatic rings. The standard InChI is InChI=1S/C14H12INO3/c1-8-3-4-10(15)6-12(8)16-7-11(14(18)19)13(17)5-9(16)2/h3-7H,1-2H3,(H,18,19). The number of nitrogens with zero attached hydrogens (tertiary/aromatic N) is 1. The number of aromatic carboxylic acids is 1. The van der Waals surface area contributed by atoms with Crippen LogP contribution in [0.4, 0.5) is 0 Å². The molecule has 1 N–H and O–H groups in total. The molecule has 2 rings (SSSR count). The Labute approximate surface area is 123 Å². The molecule has 4 nitrogen and oxygen atoms in total. The average Bonchev–Trinajstić information content (AvgIpc) is 2.32. The van der Waals surface area contributed by atoms with Gasteiger partial charge in [-0.15, -0.1) is 0 Å². The molecule has 0 spiro atoms. The Hall–Kier alpha value is -1.63. The van der Waals surface area contributed by atoms with Crippen LogP contribution >= 0.6 is 22.6 Å². The lowest BCUT2D eigenvalue weighted by molar-refractivity contribution is 0.0695. The molecule has 19 heavy (non-hydrogen) atoms. The highest BCUT2D eigenvalue weighted by molar-refractivity contribution is 14.1. The van der Waals surface area contributed by atoms with Gasteiger partial charge in [-0.05, 0) is 54.1 Å². The number of carboxylic acids is 1. The topological polar surface area (TPSA) is 59.3 Å². The average molecular weight is 369 g/mol. The normalized spacial score (nSPS) is 10.5. The van der Waals surface area contributed by atoms with E-state index >= 15 is 0 Å². The Morgan fingerprint density at radius 1 is 1.26 bits per heavy atom. The van der Waals surface area contributed by atoms with Gasteiger partial charge in [0, 0.05) is 27.2 Å². The van der Waals surface area contributed by atoms with Crippen LogP contribution in [0.25, 0.3) is 5.69 Å². The smallest absolute Gasteiger partial charge is 0.341 e. The second-order valence-electron chi connectivity index (χ2n) is 4.30. The molecule has 0 saturated carbocycles. The van der Waals surface area contributed by atoms with E-state index in [0.717, 1.165) is 14.8 Å². The van der Waals surface area contributed by atoms with E-state index < -0.39 is 11.4 Å². The van der Waals surface area contributed by atoms with Gasteiger partial charge >= 0.3 is 5.97 Å². The molecule has 1 heterocycles. The van der Waals surface area contributed by atoms with Crippen molar-refractivity contribution >= 4 is 28.6 Å². The van der Waals surface area contributed by atoms with Crippen LogP contribution in [-0.4, -0.2) is 15.6 Å². The van der Waals surface area contributed by atoms with Crippen LogP contribution in [0.1, 0.15) is 21.6 Å². The Morgan fingerprint density at radius 3 is 2.58 bits per heavy atom. The summed E-state index contributed by atoms with van der Waals surface area (Å²) in [6, 6.07) is 7.26. The SMILES string of the molecule is Cc1ccc(I)cc1-n1cc(C(=O)O)c(=O)cc1C. The van der Waals surface area contributed by atoms with Crippen molar-refractivity contribution < 1.29 is 9.90 Å².